The van der Waals surface area contributed by atoms with Crippen molar-refractivity contribution >= 4 is 11.6 Å². The van der Waals surface area contributed by atoms with Gasteiger partial charge in [-0.3, -0.25) is 9.78 Å². The van der Waals surface area contributed by atoms with Gasteiger partial charge >= 0.3 is 0 Å². The summed E-state index contributed by atoms with van der Waals surface area (Å²) in [6, 6.07) is 20.6. The lowest BCUT2D eigenvalue weighted by molar-refractivity contribution is 0.0955. The number of rotatable bonds is 6. The van der Waals surface area contributed by atoms with E-state index in [0.29, 0.717) is 17.9 Å². The maximum absolute atomic E-state index is 12.2. The van der Waals surface area contributed by atoms with Crippen LogP contribution in [-0.4, -0.2) is 16.6 Å². The monoisotopic (exact) mass is 345 g/mol. The van der Waals surface area contributed by atoms with Crippen molar-refractivity contribution in [2.24, 2.45) is 5.10 Å². The van der Waals surface area contributed by atoms with Crippen LogP contribution in [0.2, 0.25) is 0 Å². The SMILES string of the molecule is C/C(=N/NC(=O)c1ccc(COc2ccccc2)cc1)c1cccnc1. The fourth-order valence-corrected chi connectivity index (χ4v) is 2.28. The van der Waals surface area contributed by atoms with Gasteiger partial charge in [0.05, 0.1) is 5.71 Å². The number of ether oxygens (including phenoxy) is 1. The highest BCUT2D eigenvalue weighted by molar-refractivity contribution is 6.00. The van der Waals surface area contributed by atoms with Gasteiger partial charge in [-0.25, -0.2) is 5.43 Å². The van der Waals surface area contributed by atoms with Crippen LogP contribution in [0.5, 0.6) is 5.75 Å². The number of carbonyl (C=O) groups is 1. The molecule has 0 radical (unpaired) electrons. The van der Waals surface area contributed by atoms with Gasteiger partial charge in [0.1, 0.15) is 12.4 Å². The normalized spacial score (nSPS) is 11.0. The Morgan fingerprint density at radius 3 is 2.46 bits per heavy atom. The van der Waals surface area contributed by atoms with Crippen molar-refractivity contribution in [3.63, 3.8) is 0 Å². The van der Waals surface area contributed by atoms with Crippen molar-refractivity contribution in [2.75, 3.05) is 0 Å². The zero-order chi connectivity index (χ0) is 18.2. The Morgan fingerprint density at radius 1 is 1.00 bits per heavy atom. The Morgan fingerprint density at radius 2 is 1.77 bits per heavy atom. The zero-order valence-electron chi connectivity index (χ0n) is 14.4. The first-order valence-electron chi connectivity index (χ1n) is 8.24. The fraction of sp³-hybridized carbons (Fsp3) is 0.0952. The summed E-state index contributed by atoms with van der Waals surface area (Å²) >= 11 is 0. The third kappa shape index (κ3) is 4.77. The van der Waals surface area contributed by atoms with Crippen LogP contribution in [0.1, 0.15) is 28.4 Å². The second-order valence-electron chi connectivity index (χ2n) is 5.68. The van der Waals surface area contributed by atoms with Crippen LogP contribution in [0.4, 0.5) is 0 Å². The molecule has 0 saturated heterocycles. The van der Waals surface area contributed by atoms with E-state index in [2.05, 4.69) is 15.5 Å². The topological polar surface area (TPSA) is 63.6 Å². The summed E-state index contributed by atoms with van der Waals surface area (Å²) in [7, 11) is 0. The first-order valence-corrected chi connectivity index (χ1v) is 8.24. The molecule has 0 fully saturated rings. The molecule has 26 heavy (non-hydrogen) atoms. The second-order valence-corrected chi connectivity index (χ2v) is 5.68. The minimum absolute atomic E-state index is 0.260. The molecule has 3 aromatic rings. The Labute approximate surface area is 152 Å². The molecule has 0 aliphatic heterocycles. The molecule has 1 N–H and O–H groups in total. The summed E-state index contributed by atoms with van der Waals surface area (Å²) in [6.45, 7) is 2.27. The van der Waals surface area contributed by atoms with Crippen LogP contribution in [0.25, 0.3) is 0 Å². The molecule has 5 nitrogen and oxygen atoms in total. The van der Waals surface area contributed by atoms with E-state index < -0.39 is 0 Å². The second kappa shape index (κ2) is 8.58. The molecule has 3 rings (SSSR count). The number of nitrogens with one attached hydrogen (secondary N) is 1. The Balaban J connectivity index is 1.57. The average Bonchev–Trinajstić information content (AvgIpc) is 2.72. The number of para-hydroxylation sites is 1. The van der Waals surface area contributed by atoms with E-state index in [1.807, 2.05) is 61.5 Å². The Kier molecular flexibility index (Phi) is 5.72. The molecule has 0 unspecified atom stereocenters. The number of nitrogens with zero attached hydrogens (tertiary/aromatic N) is 2. The van der Waals surface area contributed by atoms with Crippen molar-refractivity contribution in [1.29, 1.82) is 0 Å². The lowest BCUT2D eigenvalue weighted by Gasteiger charge is -2.07. The van der Waals surface area contributed by atoms with Crippen LogP contribution in [0.15, 0.2) is 84.2 Å². The minimum atomic E-state index is -0.260. The van der Waals surface area contributed by atoms with Gasteiger partial charge in [0.15, 0.2) is 0 Å². The molecule has 0 aliphatic rings. The summed E-state index contributed by atoms with van der Waals surface area (Å²) in [5, 5.41) is 4.12. The number of hydrazone groups is 1. The molecule has 0 aliphatic carbocycles. The predicted octanol–water partition coefficient (Wildman–Crippen LogP) is 3.81. The number of aromatic nitrogens is 1. The van der Waals surface area contributed by atoms with Crippen LogP contribution < -0.4 is 10.2 Å². The van der Waals surface area contributed by atoms with Crippen LogP contribution in [-0.2, 0) is 6.61 Å². The quantitative estimate of drug-likeness (QED) is 0.546. The van der Waals surface area contributed by atoms with E-state index in [1.54, 1.807) is 24.5 Å². The molecular weight excluding hydrogens is 326 g/mol. The number of carbonyl (C=O) groups excluding carboxylic acids is 1. The van der Waals surface area contributed by atoms with E-state index in [9.17, 15) is 4.79 Å². The number of amides is 1. The maximum atomic E-state index is 12.2. The van der Waals surface area contributed by atoms with E-state index in [-0.39, 0.29) is 5.91 Å². The van der Waals surface area contributed by atoms with E-state index in [0.717, 1.165) is 16.9 Å². The molecule has 2 aromatic carbocycles. The summed E-state index contributed by atoms with van der Waals surface area (Å²) in [5.41, 5.74) is 5.65. The third-order valence-electron chi connectivity index (χ3n) is 3.77. The summed E-state index contributed by atoms with van der Waals surface area (Å²) in [4.78, 5) is 16.2. The summed E-state index contributed by atoms with van der Waals surface area (Å²) in [6.07, 6.45) is 3.39. The highest BCUT2D eigenvalue weighted by Gasteiger charge is 2.05. The number of benzene rings is 2. The first kappa shape index (κ1) is 17.4. The zero-order valence-corrected chi connectivity index (χ0v) is 14.4. The highest BCUT2D eigenvalue weighted by atomic mass is 16.5. The smallest absolute Gasteiger partial charge is 0.271 e. The third-order valence-corrected chi connectivity index (χ3v) is 3.77. The van der Waals surface area contributed by atoms with Gasteiger partial charge in [-0.1, -0.05) is 36.4 Å². The summed E-state index contributed by atoms with van der Waals surface area (Å²) in [5.74, 6) is 0.554. The van der Waals surface area contributed by atoms with E-state index in [1.165, 1.54) is 0 Å². The van der Waals surface area contributed by atoms with E-state index in [4.69, 9.17) is 4.74 Å². The molecular formula is C21H19N3O2. The molecule has 130 valence electrons. The molecule has 0 atom stereocenters. The van der Waals surface area contributed by atoms with Gasteiger partial charge in [-0.2, -0.15) is 5.10 Å². The molecule has 1 aromatic heterocycles. The predicted molar refractivity (Wildman–Crippen MR) is 101 cm³/mol. The number of pyridine rings is 1. The molecule has 5 heteroatoms. The van der Waals surface area contributed by atoms with Gasteiger partial charge in [-0.05, 0) is 42.8 Å². The fourth-order valence-electron chi connectivity index (χ4n) is 2.28. The van der Waals surface area contributed by atoms with Crippen molar-refractivity contribution in [3.05, 3.63) is 95.8 Å². The molecule has 0 saturated carbocycles. The minimum Gasteiger partial charge on any atom is -0.489 e. The first-order chi connectivity index (χ1) is 12.7. The largest absolute Gasteiger partial charge is 0.489 e. The lowest BCUT2D eigenvalue weighted by atomic mass is 10.1. The van der Waals surface area contributed by atoms with Gasteiger partial charge in [0, 0.05) is 23.5 Å². The van der Waals surface area contributed by atoms with Gasteiger partial charge in [-0.15, -0.1) is 0 Å². The van der Waals surface area contributed by atoms with Crippen LogP contribution >= 0.6 is 0 Å². The standard InChI is InChI=1S/C21H19N3O2/c1-16(19-6-5-13-22-14-19)23-24-21(25)18-11-9-17(10-12-18)15-26-20-7-3-2-4-8-20/h2-14H,15H2,1H3,(H,24,25)/b23-16-. The van der Waals surface area contributed by atoms with Crippen LogP contribution in [0, 0.1) is 0 Å². The molecule has 1 amide bonds. The summed E-state index contributed by atoms with van der Waals surface area (Å²) < 4.78 is 5.69. The van der Waals surface area contributed by atoms with Crippen molar-refractivity contribution in [2.45, 2.75) is 13.5 Å². The van der Waals surface area contributed by atoms with E-state index >= 15 is 0 Å². The van der Waals surface area contributed by atoms with Gasteiger partial charge in [0.2, 0.25) is 0 Å². The average molecular weight is 345 g/mol. The van der Waals surface area contributed by atoms with Crippen molar-refractivity contribution in [3.8, 4) is 5.75 Å². The van der Waals surface area contributed by atoms with Crippen molar-refractivity contribution < 1.29 is 9.53 Å². The highest BCUT2D eigenvalue weighted by Crippen LogP contribution is 2.12. The molecule has 0 spiro atoms. The number of hydrogen-bond acceptors (Lipinski definition) is 4. The lowest BCUT2D eigenvalue weighted by Crippen LogP contribution is -2.19. The number of hydrogen-bond donors (Lipinski definition) is 1. The van der Waals surface area contributed by atoms with Gasteiger partial charge in [0.25, 0.3) is 5.91 Å². The molecule has 1 heterocycles. The Bertz CT molecular complexity index is 876. The van der Waals surface area contributed by atoms with Crippen LogP contribution in [0.3, 0.4) is 0 Å². The van der Waals surface area contributed by atoms with Crippen molar-refractivity contribution in [1.82, 2.24) is 10.4 Å². The van der Waals surface area contributed by atoms with Gasteiger partial charge < -0.3 is 4.74 Å². The maximum Gasteiger partial charge on any atom is 0.271 e. The Hall–Kier alpha value is -3.47. The molecule has 0 bridgehead atoms.